The molecule has 6 heteroatoms. The largest absolute Gasteiger partial charge is 0.336 e. The molecule has 18 heavy (non-hydrogen) atoms. The smallest absolute Gasteiger partial charge is 0.317 e. The molecule has 0 aliphatic carbocycles. The summed E-state index contributed by atoms with van der Waals surface area (Å²) in [5.41, 5.74) is 0. The average Bonchev–Trinajstić information content (AvgIpc) is 2.25. The van der Waals surface area contributed by atoms with E-state index in [4.69, 9.17) is 0 Å². The first-order valence-electron chi connectivity index (χ1n) is 6.51. The lowest BCUT2D eigenvalue weighted by atomic mass is 10.0. The van der Waals surface area contributed by atoms with Crippen LogP contribution in [0, 0.1) is 5.92 Å². The Labute approximate surface area is 110 Å². The Morgan fingerprint density at radius 3 is 2.72 bits per heavy atom. The maximum Gasteiger partial charge on any atom is 0.317 e. The Morgan fingerprint density at radius 2 is 2.17 bits per heavy atom. The molecule has 1 heterocycles. The average molecular weight is 276 g/mol. The monoisotopic (exact) mass is 276 g/mol. The molecule has 0 aromatic rings. The molecule has 0 spiro atoms. The summed E-state index contributed by atoms with van der Waals surface area (Å²) in [7, 11) is -2.95. The van der Waals surface area contributed by atoms with Crippen LogP contribution >= 0.6 is 0 Å². The highest BCUT2D eigenvalue weighted by atomic mass is 32.2. The summed E-state index contributed by atoms with van der Waals surface area (Å²) < 4.78 is 22.1. The van der Waals surface area contributed by atoms with Crippen molar-refractivity contribution in [1.82, 2.24) is 10.2 Å². The van der Waals surface area contributed by atoms with E-state index in [2.05, 4.69) is 12.2 Å². The Balaban J connectivity index is 2.34. The van der Waals surface area contributed by atoms with Crippen LogP contribution in [0.5, 0.6) is 0 Å². The van der Waals surface area contributed by atoms with E-state index in [1.165, 1.54) is 12.7 Å². The summed E-state index contributed by atoms with van der Waals surface area (Å²) in [4.78, 5) is 13.8. The van der Waals surface area contributed by atoms with Crippen LogP contribution in [0.3, 0.4) is 0 Å². The van der Waals surface area contributed by atoms with Gasteiger partial charge in [0.25, 0.3) is 0 Å². The molecule has 1 rings (SSSR count). The summed E-state index contributed by atoms with van der Waals surface area (Å²) in [5, 5.41) is 2.87. The van der Waals surface area contributed by atoms with Crippen LogP contribution in [-0.4, -0.2) is 50.5 Å². The first kappa shape index (κ1) is 15.3. The molecule has 5 nitrogen and oxygen atoms in total. The molecule has 1 aliphatic rings. The van der Waals surface area contributed by atoms with E-state index in [-0.39, 0.29) is 17.8 Å². The van der Waals surface area contributed by atoms with E-state index >= 15 is 0 Å². The van der Waals surface area contributed by atoms with Gasteiger partial charge in [-0.05, 0) is 32.1 Å². The maximum absolute atomic E-state index is 11.9. The van der Waals surface area contributed by atoms with Crippen molar-refractivity contribution < 1.29 is 13.2 Å². The Kier molecular flexibility index (Phi) is 5.44. The van der Waals surface area contributed by atoms with Crippen LogP contribution in [-0.2, 0) is 9.84 Å². The highest BCUT2D eigenvalue weighted by molar-refractivity contribution is 7.90. The lowest BCUT2D eigenvalue weighted by Gasteiger charge is -2.32. The van der Waals surface area contributed by atoms with Gasteiger partial charge in [-0.25, -0.2) is 13.2 Å². The number of rotatable bonds is 4. The standard InChI is InChI=1S/C12H24N2O3S/c1-10-5-4-7-14(9-10)12(15)13-11(2)6-8-18(3,16)17/h10-11H,4-9H2,1-3H3,(H,13,15). The molecule has 2 unspecified atom stereocenters. The van der Waals surface area contributed by atoms with Gasteiger partial charge in [-0.2, -0.15) is 0 Å². The first-order chi connectivity index (χ1) is 8.28. The molecule has 0 bridgehead atoms. The fourth-order valence-corrected chi connectivity index (χ4v) is 2.92. The summed E-state index contributed by atoms with van der Waals surface area (Å²) in [6.45, 7) is 5.59. The number of likely N-dealkylation sites (tertiary alicyclic amines) is 1. The number of piperidine rings is 1. The molecule has 1 aliphatic heterocycles. The van der Waals surface area contributed by atoms with Crippen LogP contribution in [0.15, 0.2) is 0 Å². The zero-order chi connectivity index (χ0) is 13.8. The number of urea groups is 1. The summed E-state index contributed by atoms with van der Waals surface area (Å²) >= 11 is 0. The van der Waals surface area contributed by atoms with E-state index in [9.17, 15) is 13.2 Å². The Morgan fingerprint density at radius 1 is 1.50 bits per heavy atom. The van der Waals surface area contributed by atoms with Gasteiger partial charge < -0.3 is 10.2 Å². The number of carbonyl (C=O) groups is 1. The SMILES string of the molecule is CC1CCCN(C(=O)NC(C)CCS(C)(=O)=O)C1. The van der Waals surface area contributed by atoms with E-state index in [1.54, 1.807) is 0 Å². The second-order valence-corrected chi connectivity index (χ2v) is 7.72. The highest BCUT2D eigenvalue weighted by Gasteiger charge is 2.21. The molecule has 1 saturated heterocycles. The number of sulfone groups is 1. The molecule has 2 amide bonds. The third kappa shape index (κ3) is 5.71. The molecule has 106 valence electrons. The fourth-order valence-electron chi connectivity index (χ4n) is 2.14. The van der Waals surface area contributed by atoms with Crippen molar-refractivity contribution in [1.29, 1.82) is 0 Å². The minimum Gasteiger partial charge on any atom is -0.336 e. The summed E-state index contributed by atoms with van der Waals surface area (Å²) in [6, 6.07) is -0.174. The van der Waals surface area contributed by atoms with Gasteiger partial charge in [0, 0.05) is 25.4 Å². The molecule has 1 fully saturated rings. The molecular formula is C12H24N2O3S. The molecule has 0 aromatic carbocycles. The van der Waals surface area contributed by atoms with Crippen molar-refractivity contribution in [3.63, 3.8) is 0 Å². The van der Waals surface area contributed by atoms with Crippen molar-refractivity contribution in [3.8, 4) is 0 Å². The van der Waals surface area contributed by atoms with Gasteiger partial charge in [0.2, 0.25) is 0 Å². The number of nitrogens with zero attached hydrogens (tertiary/aromatic N) is 1. The predicted molar refractivity (Wildman–Crippen MR) is 72.3 cm³/mol. The van der Waals surface area contributed by atoms with Gasteiger partial charge in [0.05, 0.1) is 5.75 Å². The minimum absolute atomic E-state index is 0.0671. The Bertz CT molecular complexity index is 381. The van der Waals surface area contributed by atoms with Crippen molar-refractivity contribution in [2.24, 2.45) is 5.92 Å². The zero-order valence-corrected chi connectivity index (χ0v) is 12.3. The van der Waals surface area contributed by atoms with Crippen LogP contribution in [0.25, 0.3) is 0 Å². The van der Waals surface area contributed by atoms with Gasteiger partial charge in [0.1, 0.15) is 9.84 Å². The number of amides is 2. The first-order valence-corrected chi connectivity index (χ1v) is 8.57. The van der Waals surface area contributed by atoms with Gasteiger partial charge in [-0.1, -0.05) is 6.92 Å². The van der Waals surface area contributed by atoms with Crippen molar-refractivity contribution >= 4 is 15.9 Å². The summed E-state index contributed by atoms with van der Waals surface area (Å²) in [6.07, 6.45) is 3.90. The van der Waals surface area contributed by atoms with Gasteiger partial charge in [0.15, 0.2) is 0 Å². The molecule has 1 N–H and O–H groups in total. The highest BCUT2D eigenvalue weighted by Crippen LogP contribution is 2.15. The normalized spacial score (nSPS) is 22.6. The Hall–Kier alpha value is -0.780. The third-order valence-electron chi connectivity index (χ3n) is 3.24. The lowest BCUT2D eigenvalue weighted by molar-refractivity contribution is 0.167. The van der Waals surface area contributed by atoms with Crippen molar-refractivity contribution in [3.05, 3.63) is 0 Å². The van der Waals surface area contributed by atoms with Gasteiger partial charge >= 0.3 is 6.03 Å². The van der Waals surface area contributed by atoms with Gasteiger partial charge in [-0.15, -0.1) is 0 Å². The fraction of sp³-hybridized carbons (Fsp3) is 0.917. The van der Waals surface area contributed by atoms with Crippen molar-refractivity contribution in [2.75, 3.05) is 25.1 Å². The third-order valence-corrected chi connectivity index (χ3v) is 4.21. The number of hydrogen-bond acceptors (Lipinski definition) is 3. The summed E-state index contributed by atoms with van der Waals surface area (Å²) in [5.74, 6) is 0.668. The van der Waals surface area contributed by atoms with E-state index in [1.807, 2.05) is 11.8 Å². The van der Waals surface area contributed by atoms with E-state index < -0.39 is 9.84 Å². The minimum atomic E-state index is -2.95. The number of nitrogens with one attached hydrogen (secondary N) is 1. The number of carbonyl (C=O) groups excluding carboxylic acids is 1. The van der Waals surface area contributed by atoms with Gasteiger partial charge in [-0.3, -0.25) is 0 Å². The lowest BCUT2D eigenvalue weighted by Crippen LogP contribution is -2.47. The quantitative estimate of drug-likeness (QED) is 0.840. The molecule has 0 aromatic heterocycles. The second kappa shape index (κ2) is 6.41. The molecular weight excluding hydrogens is 252 g/mol. The van der Waals surface area contributed by atoms with E-state index in [0.29, 0.717) is 12.3 Å². The van der Waals surface area contributed by atoms with Crippen LogP contribution < -0.4 is 5.32 Å². The van der Waals surface area contributed by atoms with Crippen LogP contribution in [0.2, 0.25) is 0 Å². The van der Waals surface area contributed by atoms with E-state index in [0.717, 1.165) is 19.5 Å². The second-order valence-electron chi connectivity index (χ2n) is 5.46. The number of hydrogen-bond donors (Lipinski definition) is 1. The van der Waals surface area contributed by atoms with Crippen molar-refractivity contribution in [2.45, 2.75) is 39.2 Å². The zero-order valence-electron chi connectivity index (χ0n) is 11.5. The topological polar surface area (TPSA) is 66.5 Å². The predicted octanol–water partition coefficient (Wildman–Crippen LogP) is 1.25. The molecule has 0 saturated carbocycles. The van der Waals surface area contributed by atoms with Crippen LogP contribution in [0.1, 0.15) is 33.1 Å². The molecule has 2 atom stereocenters. The molecule has 0 radical (unpaired) electrons. The maximum atomic E-state index is 11.9. The van der Waals surface area contributed by atoms with Crippen LogP contribution in [0.4, 0.5) is 4.79 Å².